The molecule has 1 saturated heterocycles. The summed E-state index contributed by atoms with van der Waals surface area (Å²) in [5, 5.41) is 0. The molecule has 1 aliphatic rings. The Kier molecular flexibility index (Phi) is 6.83. The Morgan fingerprint density at radius 1 is 1.10 bits per heavy atom. The summed E-state index contributed by atoms with van der Waals surface area (Å²) in [7, 11) is 1.56. The number of nitrogens with zero attached hydrogens (tertiary/aromatic N) is 1. The molecule has 0 saturated carbocycles. The van der Waals surface area contributed by atoms with Crippen LogP contribution in [0.25, 0.3) is 11.1 Å². The summed E-state index contributed by atoms with van der Waals surface area (Å²) >= 11 is 0. The summed E-state index contributed by atoms with van der Waals surface area (Å²) in [6, 6.07) is 7.01. The summed E-state index contributed by atoms with van der Waals surface area (Å²) in [6.07, 6.45) is 1.03. The number of rotatable bonds is 6. The average Bonchev–Trinajstić information content (AvgIpc) is 3.09. The van der Waals surface area contributed by atoms with Crippen LogP contribution in [-0.4, -0.2) is 54.3 Å². The van der Waals surface area contributed by atoms with E-state index in [0.29, 0.717) is 47.5 Å². The number of amides is 1. The van der Waals surface area contributed by atoms with E-state index in [4.69, 9.17) is 9.47 Å². The molecule has 1 N–H and O–H groups in total. The van der Waals surface area contributed by atoms with E-state index in [-0.39, 0.29) is 17.9 Å². The van der Waals surface area contributed by atoms with Gasteiger partial charge < -0.3 is 19.4 Å². The third-order valence-electron chi connectivity index (χ3n) is 5.62. The second-order valence-corrected chi connectivity index (χ2v) is 8.31. The molecule has 0 unspecified atom stereocenters. The van der Waals surface area contributed by atoms with Crippen molar-refractivity contribution >= 4 is 17.7 Å². The van der Waals surface area contributed by atoms with Gasteiger partial charge in [0.15, 0.2) is 0 Å². The maximum absolute atomic E-state index is 13.3. The number of nitrogens with one attached hydrogen (secondary N) is 1. The number of carbonyl (C=O) groups excluding carboxylic acids is 3. The molecule has 3 rings (SSSR count). The maximum Gasteiger partial charge on any atom is 0.340 e. The second-order valence-electron chi connectivity index (χ2n) is 8.31. The van der Waals surface area contributed by atoms with Crippen molar-refractivity contribution in [1.29, 1.82) is 0 Å². The number of esters is 1. The summed E-state index contributed by atoms with van der Waals surface area (Å²) in [4.78, 5) is 43.8. The third kappa shape index (κ3) is 4.65. The number of aromatic amines is 1. The van der Waals surface area contributed by atoms with Gasteiger partial charge in [0.05, 0.1) is 19.3 Å². The van der Waals surface area contributed by atoms with Crippen LogP contribution in [0.15, 0.2) is 24.3 Å². The molecule has 2 heterocycles. The van der Waals surface area contributed by atoms with Crippen molar-refractivity contribution in [2.45, 2.75) is 34.1 Å². The number of aromatic nitrogens is 1. The molecule has 0 aliphatic carbocycles. The van der Waals surface area contributed by atoms with E-state index in [1.54, 1.807) is 50.1 Å². The molecule has 166 valence electrons. The lowest BCUT2D eigenvalue weighted by Gasteiger charge is -2.34. The van der Waals surface area contributed by atoms with Crippen molar-refractivity contribution in [1.82, 2.24) is 9.88 Å². The molecule has 0 radical (unpaired) electrons. The molecule has 1 aliphatic heterocycles. The van der Waals surface area contributed by atoms with Gasteiger partial charge in [-0.05, 0) is 49.8 Å². The number of carbonyl (C=O) groups is 3. The molecular formula is C24H30N2O5. The first-order chi connectivity index (χ1) is 14.8. The highest BCUT2D eigenvalue weighted by molar-refractivity contribution is 6.43. The van der Waals surface area contributed by atoms with Crippen molar-refractivity contribution in [3.8, 4) is 16.9 Å². The quantitative estimate of drug-likeness (QED) is 0.430. The predicted octanol–water partition coefficient (Wildman–Crippen LogP) is 3.86. The van der Waals surface area contributed by atoms with Crippen LogP contribution in [-0.2, 0) is 9.53 Å². The van der Waals surface area contributed by atoms with Crippen LogP contribution in [0, 0.1) is 18.8 Å². The zero-order chi connectivity index (χ0) is 22.7. The Morgan fingerprint density at radius 3 is 2.26 bits per heavy atom. The number of benzene rings is 1. The van der Waals surface area contributed by atoms with Gasteiger partial charge in [-0.15, -0.1) is 0 Å². The number of hydrogen-bond donors (Lipinski definition) is 1. The normalized spacial score (nSPS) is 18.5. The van der Waals surface area contributed by atoms with E-state index in [0.717, 1.165) is 6.42 Å². The summed E-state index contributed by atoms with van der Waals surface area (Å²) < 4.78 is 10.4. The number of aryl methyl sites for hydroxylation is 1. The maximum atomic E-state index is 13.3. The van der Waals surface area contributed by atoms with Crippen LogP contribution >= 0.6 is 0 Å². The minimum atomic E-state index is -0.647. The van der Waals surface area contributed by atoms with Crippen LogP contribution in [0.5, 0.6) is 5.75 Å². The lowest BCUT2D eigenvalue weighted by Crippen LogP contribution is -2.45. The van der Waals surface area contributed by atoms with Crippen LogP contribution < -0.4 is 4.74 Å². The van der Waals surface area contributed by atoms with Crippen LogP contribution in [0.3, 0.4) is 0 Å². The molecule has 1 aromatic heterocycles. The van der Waals surface area contributed by atoms with E-state index < -0.39 is 17.7 Å². The van der Waals surface area contributed by atoms with Gasteiger partial charge in [-0.25, -0.2) is 4.79 Å². The van der Waals surface area contributed by atoms with Gasteiger partial charge in [0.1, 0.15) is 11.4 Å². The topological polar surface area (TPSA) is 88.7 Å². The fourth-order valence-electron chi connectivity index (χ4n) is 4.38. The van der Waals surface area contributed by atoms with Gasteiger partial charge in [-0.3, -0.25) is 9.59 Å². The zero-order valence-corrected chi connectivity index (χ0v) is 18.8. The van der Waals surface area contributed by atoms with Crippen molar-refractivity contribution in [2.24, 2.45) is 11.8 Å². The Labute approximate surface area is 182 Å². The summed E-state index contributed by atoms with van der Waals surface area (Å²) in [5.74, 6) is -0.414. The number of methoxy groups -OCH3 is 1. The molecule has 2 atom stereocenters. The number of Topliss-reactive ketones (excluding diaryl/α,β-unsaturated/α-hetero) is 1. The monoisotopic (exact) mass is 426 g/mol. The standard InChI is InChI=1S/C24H30N2O5/c1-6-31-24(29)19-16(4)25-21(20(19)17-7-9-18(30-5)10-8-17)22(27)23(28)26-12-14(2)11-15(3)13-26/h7-10,14-15,25H,6,11-13H2,1-5H3/t14-,15-/m1/s1. The molecule has 31 heavy (non-hydrogen) atoms. The Bertz CT molecular complexity index is 967. The fraction of sp³-hybridized carbons (Fsp3) is 0.458. The molecule has 1 amide bonds. The van der Waals surface area contributed by atoms with Crippen molar-refractivity contribution in [2.75, 3.05) is 26.8 Å². The van der Waals surface area contributed by atoms with E-state index in [9.17, 15) is 14.4 Å². The molecule has 0 bridgehead atoms. The fourth-order valence-corrected chi connectivity index (χ4v) is 4.38. The molecular weight excluding hydrogens is 396 g/mol. The van der Waals surface area contributed by atoms with Crippen molar-refractivity contribution < 1.29 is 23.9 Å². The van der Waals surface area contributed by atoms with E-state index in [1.807, 2.05) is 0 Å². The van der Waals surface area contributed by atoms with Crippen LogP contribution in [0.1, 0.15) is 53.7 Å². The van der Waals surface area contributed by atoms with Gasteiger partial charge in [-0.2, -0.15) is 0 Å². The SMILES string of the molecule is CCOC(=O)c1c(C)[nH]c(C(=O)C(=O)N2C[C@H](C)C[C@@H](C)C2)c1-c1ccc(OC)cc1. The van der Waals surface area contributed by atoms with Crippen LogP contribution in [0.2, 0.25) is 0 Å². The largest absolute Gasteiger partial charge is 0.497 e. The van der Waals surface area contributed by atoms with Gasteiger partial charge in [-0.1, -0.05) is 26.0 Å². The summed E-state index contributed by atoms with van der Waals surface area (Å²) in [6.45, 7) is 8.90. The lowest BCUT2D eigenvalue weighted by molar-refractivity contribution is -0.129. The third-order valence-corrected chi connectivity index (χ3v) is 5.62. The first-order valence-electron chi connectivity index (χ1n) is 10.6. The minimum absolute atomic E-state index is 0.113. The van der Waals surface area contributed by atoms with Crippen molar-refractivity contribution in [3.05, 3.63) is 41.2 Å². The number of H-pyrrole nitrogens is 1. The molecule has 1 aromatic carbocycles. The smallest absolute Gasteiger partial charge is 0.340 e. The Hall–Kier alpha value is -3.09. The number of ketones is 1. The highest BCUT2D eigenvalue weighted by atomic mass is 16.5. The average molecular weight is 427 g/mol. The molecule has 2 aromatic rings. The minimum Gasteiger partial charge on any atom is -0.497 e. The highest BCUT2D eigenvalue weighted by Crippen LogP contribution is 2.33. The van der Waals surface area contributed by atoms with Crippen LogP contribution in [0.4, 0.5) is 0 Å². The van der Waals surface area contributed by atoms with E-state index in [1.165, 1.54) is 0 Å². The molecule has 7 nitrogen and oxygen atoms in total. The van der Waals surface area contributed by atoms with E-state index >= 15 is 0 Å². The highest BCUT2D eigenvalue weighted by Gasteiger charge is 2.34. The first-order valence-corrected chi connectivity index (χ1v) is 10.6. The van der Waals surface area contributed by atoms with Gasteiger partial charge >= 0.3 is 5.97 Å². The van der Waals surface area contributed by atoms with Gasteiger partial charge in [0, 0.05) is 24.3 Å². The number of hydrogen-bond acceptors (Lipinski definition) is 5. The van der Waals surface area contributed by atoms with Crippen molar-refractivity contribution in [3.63, 3.8) is 0 Å². The number of likely N-dealkylation sites (tertiary alicyclic amines) is 1. The Morgan fingerprint density at radius 2 is 1.71 bits per heavy atom. The molecule has 1 fully saturated rings. The predicted molar refractivity (Wildman–Crippen MR) is 117 cm³/mol. The zero-order valence-electron chi connectivity index (χ0n) is 18.8. The molecule has 7 heteroatoms. The lowest BCUT2D eigenvalue weighted by atomic mass is 9.91. The Balaban J connectivity index is 2.06. The van der Waals surface area contributed by atoms with E-state index in [2.05, 4.69) is 18.8 Å². The second kappa shape index (κ2) is 9.37. The van der Waals surface area contributed by atoms with Gasteiger partial charge in [0.25, 0.3) is 11.7 Å². The number of piperidine rings is 1. The first kappa shape index (κ1) is 22.6. The van der Waals surface area contributed by atoms with Gasteiger partial charge in [0.2, 0.25) is 0 Å². The molecule has 0 spiro atoms. The number of ether oxygens (including phenoxy) is 2. The summed E-state index contributed by atoms with van der Waals surface area (Å²) in [5.41, 5.74) is 1.88.